The van der Waals surface area contributed by atoms with Crippen molar-refractivity contribution in [2.45, 2.75) is 58.5 Å². The third-order valence-electron chi connectivity index (χ3n) is 4.14. The average Bonchev–Trinajstić information content (AvgIpc) is 2.45. The molecule has 122 valence electrons. The lowest BCUT2D eigenvalue weighted by atomic mass is 9.85. The number of hydrogen-bond donors (Lipinski definition) is 1. The Kier molecular flexibility index (Phi) is 4.99. The Labute approximate surface area is 133 Å². The molecule has 1 fully saturated rings. The van der Waals surface area contributed by atoms with Gasteiger partial charge in [-0.2, -0.15) is 0 Å². The summed E-state index contributed by atoms with van der Waals surface area (Å²) in [5, 5.41) is 0. The number of benzene rings is 1. The molecule has 0 spiro atoms. The number of aryl methyl sites for hydroxylation is 1. The van der Waals surface area contributed by atoms with Crippen LogP contribution in [0.25, 0.3) is 0 Å². The second-order valence-corrected chi connectivity index (χ2v) is 7.05. The maximum absolute atomic E-state index is 12.1. The minimum atomic E-state index is -0.433. The summed E-state index contributed by atoms with van der Waals surface area (Å²) in [4.78, 5) is 13.9. The molecule has 1 aromatic carbocycles. The van der Waals surface area contributed by atoms with Crippen molar-refractivity contribution in [3.8, 4) is 0 Å². The third kappa shape index (κ3) is 4.15. The number of ether oxygens (including phenoxy) is 1. The number of nitrogen functional groups attached to an aromatic ring is 1. The largest absolute Gasteiger partial charge is 0.444 e. The van der Waals surface area contributed by atoms with Crippen molar-refractivity contribution in [1.29, 1.82) is 0 Å². The van der Waals surface area contributed by atoms with Crippen LogP contribution in [0.15, 0.2) is 18.2 Å². The van der Waals surface area contributed by atoms with Gasteiger partial charge in [-0.3, -0.25) is 0 Å². The second kappa shape index (κ2) is 6.59. The molecule has 1 aromatic rings. The SMILES string of the molecule is CCc1ccc(N)cc1C1CCN(C(=O)OC(C)(C)C)CC1. The number of carbonyl (C=O) groups excluding carboxylic acids is 1. The topological polar surface area (TPSA) is 55.6 Å². The predicted octanol–water partition coefficient (Wildman–Crippen LogP) is 3.95. The number of carbonyl (C=O) groups is 1. The minimum Gasteiger partial charge on any atom is -0.444 e. The fourth-order valence-corrected chi connectivity index (χ4v) is 3.01. The maximum Gasteiger partial charge on any atom is 0.410 e. The predicted molar refractivity (Wildman–Crippen MR) is 90.0 cm³/mol. The number of likely N-dealkylation sites (tertiary alicyclic amines) is 1. The van der Waals surface area contributed by atoms with Gasteiger partial charge in [0.15, 0.2) is 0 Å². The Morgan fingerprint density at radius 1 is 1.32 bits per heavy atom. The first-order valence-electron chi connectivity index (χ1n) is 8.16. The quantitative estimate of drug-likeness (QED) is 0.842. The van der Waals surface area contributed by atoms with Crippen LogP contribution in [0.4, 0.5) is 10.5 Å². The molecule has 1 aliphatic heterocycles. The molecule has 4 heteroatoms. The molecule has 0 aliphatic carbocycles. The van der Waals surface area contributed by atoms with Gasteiger partial charge >= 0.3 is 6.09 Å². The van der Waals surface area contributed by atoms with E-state index in [-0.39, 0.29) is 6.09 Å². The zero-order valence-electron chi connectivity index (χ0n) is 14.2. The van der Waals surface area contributed by atoms with Crippen LogP contribution in [0.1, 0.15) is 57.6 Å². The molecule has 1 aliphatic rings. The van der Waals surface area contributed by atoms with E-state index in [2.05, 4.69) is 19.1 Å². The summed E-state index contributed by atoms with van der Waals surface area (Å²) in [5.41, 5.74) is 9.06. The van der Waals surface area contributed by atoms with Gasteiger partial charge in [-0.15, -0.1) is 0 Å². The lowest BCUT2D eigenvalue weighted by Crippen LogP contribution is -2.41. The van der Waals surface area contributed by atoms with Crippen LogP contribution < -0.4 is 5.73 Å². The Balaban J connectivity index is 2.00. The highest BCUT2D eigenvalue weighted by Gasteiger charge is 2.28. The average molecular weight is 304 g/mol. The van der Waals surface area contributed by atoms with Gasteiger partial charge in [0, 0.05) is 18.8 Å². The van der Waals surface area contributed by atoms with E-state index in [4.69, 9.17) is 10.5 Å². The van der Waals surface area contributed by atoms with Crippen molar-refractivity contribution in [3.05, 3.63) is 29.3 Å². The van der Waals surface area contributed by atoms with Crippen molar-refractivity contribution in [3.63, 3.8) is 0 Å². The van der Waals surface area contributed by atoms with Crippen molar-refractivity contribution < 1.29 is 9.53 Å². The molecule has 0 atom stereocenters. The van der Waals surface area contributed by atoms with Crippen LogP contribution in [0.2, 0.25) is 0 Å². The Hall–Kier alpha value is -1.71. The highest BCUT2D eigenvalue weighted by molar-refractivity contribution is 5.68. The second-order valence-electron chi connectivity index (χ2n) is 7.05. The van der Waals surface area contributed by atoms with Gasteiger partial charge < -0.3 is 15.4 Å². The first-order chi connectivity index (χ1) is 10.3. The van der Waals surface area contributed by atoms with E-state index in [0.717, 1.165) is 38.0 Å². The number of piperidine rings is 1. The molecule has 4 nitrogen and oxygen atoms in total. The standard InChI is InChI=1S/C18H28N2O2/c1-5-13-6-7-15(19)12-16(13)14-8-10-20(11-9-14)17(21)22-18(2,3)4/h6-7,12,14H,5,8-11,19H2,1-4H3. The first-order valence-corrected chi connectivity index (χ1v) is 8.16. The maximum atomic E-state index is 12.1. The molecule has 0 bridgehead atoms. The molecule has 0 saturated carbocycles. The summed E-state index contributed by atoms with van der Waals surface area (Å²) in [6, 6.07) is 6.20. The Bertz CT molecular complexity index is 526. The first kappa shape index (κ1) is 16.7. The smallest absolute Gasteiger partial charge is 0.410 e. The van der Waals surface area contributed by atoms with Crippen LogP contribution in [0.5, 0.6) is 0 Å². The molecule has 22 heavy (non-hydrogen) atoms. The number of rotatable bonds is 2. The molecule has 0 aromatic heterocycles. The summed E-state index contributed by atoms with van der Waals surface area (Å²) in [7, 11) is 0. The van der Waals surface area contributed by atoms with E-state index in [9.17, 15) is 4.79 Å². The molecule has 1 heterocycles. The lowest BCUT2D eigenvalue weighted by Gasteiger charge is -2.34. The van der Waals surface area contributed by atoms with Gasteiger partial charge in [0.25, 0.3) is 0 Å². The highest BCUT2D eigenvalue weighted by Crippen LogP contribution is 2.32. The summed E-state index contributed by atoms with van der Waals surface area (Å²) in [6.07, 6.45) is 2.75. The van der Waals surface area contributed by atoms with Crippen LogP contribution in [-0.4, -0.2) is 29.7 Å². The Morgan fingerprint density at radius 3 is 2.50 bits per heavy atom. The number of nitrogens with two attached hydrogens (primary N) is 1. The minimum absolute atomic E-state index is 0.200. The number of hydrogen-bond acceptors (Lipinski definition) is 3. The zero-order chi connectivity index (χ0) is 16.3. The van der Waals surface area contributed by atoms with Gasteiger partial charge in [0.1, 0.15) is 5.60 Å². The van der Waals surface area contributed by atoms with E-state index < -0.39 is 5.60 Å². The Morgan fingerprint density at radius 2 is 1.95 bits per heavy atom. The van der Waals surface area contributed by atoms with E-state index >= 15 is 0 Å². The summed E-state index contributed by atoms with van der Waals surface area (Å²) in [6.45, 7) is 9.37. The summed E-state index contributed by atoms with van der Waals surface area (Å²) >= 11 is 0. The lowest BCUT2D eigenvalue weighted by molar-refractivity contribution is 0.0204. The van der Waals surface area contributed by atoms with Gasteiger partial charge in [-0.25, -0.2) is 4.79 Å². The summed E-state index contributed by atoms with van der Waals surface area (Å²) in [5.74, 6) is 0.483. The molecule has 0 unspecified atom stereocenters. The molecule has 0 radical (unpaired) electrons. The van der Waals surface area contributed by atoms with Crippen LogP contribution in [0, 0.1) is 0 Å². The van der Waals surface area contributed by atoms with E-state index in [1.165, 1.54) is 11.1 Å². The van der Waals surface area contributed by atoms with Crippen LogP contribution in [-0.2, 0) is 11.2 Å². The molecule has 2 rings (SSSR count). The normalized spacial score (nSPS) is 16.6. The number of anilines is 1. The van der Waals surface area contributed by atoms with Crippen molar-refractivity contribution >= 4 is 11.8 Å². The molecule has 1 saturated heterocycles. The summed E-state index contributed by atoms with van der Waals surface area (Å²) < 4.78 is 5.45. The fourth-order valence-electron chi connectivity index (χ4n) is 3.01. The van der Waals surface area contributed by atoms with E-state index in [0.29, 0.717) is 5.92 Å². The van der Waals surface area contributed by atoms with Crippen LogP contribution >= 0.6 is 0 Å². The molecular weight excluding hydrogens is 276 g/mol. The third-order valence-corrected chi connectivity index (χ3v) is 4.14. The zero-order valence-corrected chi connectivity index (χ0v) is 14.2. The van der Waals surface area contributed by atoms with Crippen molar-refractivity contribution in [1.82, 2.24) is 4.90 Å². The molecular formula is C18H28N2O2. The molecule has 1 amide bonds. The monoisotopic (exact) mass is 304 g/mol. The fraction of sp³-hybridized carbons (Fsp3) is 0.611. The highest BCUT2D eigenvalue weighted by atomic mass is 16.6. The van der Waals surface area contributed by atoms with Gasteiger partial charge in [0.05, 0.1) is 0 Å². The van der Waals surface area contributed by atoms with Gasteiger partial charge in [0.2, 0.25) is 0 Å². The van der Waals surface area contributed by atoms with Crippen molar-refractivity contribution in [2.24, 2.45) is 0 Å². The van der Waals surface area contributed by atoms with Crippen molar-refractivity contribution in [2.75, 3.05) is 18.8 Å². The number of nitrogens with zero attached hydrogens (tertiary/aromatic N) is 1. The van der Waals surface area contributed by atoms with E-state index in [1.807, 2.05) is 31.7 Å². The van der Waals surface area contributed by atoms with Crippen LogP contribution in [0.3, 0.4) is 0 Å². The van der Waals surface area contributed by atoms with Gasteiger partial charge in [-0.05, 0) is 69.2 Å². The number of amides is 1. The molecule has 2 N–H and O–H groups in total. The van der Waals surface area contributed by atoms with E-state index in [1.54, 1.807) is 0 Å². The van der Waals surface area contributed by atoms with Gasteiger partial charge in [-0.1, -0.05) is 13.0 Å².